The molecule has 0 unspecified atom stereocenters. The van der Waals surface area contributed by atoms with Gasteiger partial charge >= 0.3 is 6.16 Å². The number of halogens is 1. The minimum atomic E-state index is -1.23. The molecule has 1 fully saturated rings. The van der Waals surface area contributed by atoms with E-state index in [1.807, 2.05) is 37.3 Å². The number of hydrogen-bond donors (Lipinski definition) is 1. The van der Waals surface area contributed by atoms with Gasteiger partial charge in [0, 0.05) is 35.8 Å². The number of pyridine rings is 1. The van der Waals surface area contributed by atoms with Gasteiger partial charge in [0.15, 0.2) is 0 Å². The fourth-order valence-corrected chi connectivity index (χ4v) is 4.20. The molecule has 0 bridgehead atoms. The highest BCUT2D eigenvalue weighted by molar-refractivity contribution is 6.31. The monoisotopic (exact) mass is 470 g/mol. The van der Waals surface area contributed by atoms with Gasteiger partial charge in [-0.05, 0) is 48.6 Å². The molecule has 33 heavy (non-hydrogen) atoms. The van der Waals surface area contributed by atoms with E-state index >= 15 is 0 Å². The molecule has 0 radical (unpaired) electrons. The number of rotatable bonds is 8. The van der Waals surface area contributed by atoms with Crippen LogP contribution >= 0.6 is 11.6 Å². The Kier molecular flexibility index (Phi) is 6.95. The molecule has 0 spiro atoms. The van der Waals surface area contributed by atoms with Gasteiger partial charge in [0.1, 0.15) is 6.10 Å². The van der Waals surface area contributed by atoms with Crippen LogP contribution in [0.5, 0.6) is 0 Å². The highest BCUT2D eigenvalue weighted by Crippen LogP contribution is 2.29. The van der Waals surface area contributed by atoms with Crippen LogP contribution in [0.25, 0.3) is 22.8 Å². The first-order chi connectivity index (χ1) is 15.8. The lowest BCUT2D eigenvalue weighted by Gasteiger charge is -2.37. The summed E-state index contributed by atoms with van der Waals surface area (Å²) in [6.45, 7) is 8.13. The van der Waals surface area contributed by atoms with Crippen LogP contribution in [0.3, 0.4) is 0 Å². The maximum atomic E-state index is 10.6. The SMILES string of the molecule is CCc1nc(CN2CC(OC(=O)O)C2)ccc1-c1noc(-c2ccc(CC(C)C)c(Cl)c2)n1. The van der Waals surface area contributed by atoms with Crippen LogP contribution in [0.2, 0.25) is 5.02 Å². The summed E-state index contributed by atoms with van der Waals surface area (Å²) in [5.74, 6) is 1.42. The highest BCUT2D eigenvalue weighted by Gasteiger charge is 2.30. The molecule has 174 valence electrons. The van der Waals surface area contributed by atoms with Gasteiger partial charge < -0.3 is 14.4 Å². The molecule has 9 heteroatoms. The summed E-state index contributed by atoms with van der Waals surface area (Å²) in [6, 6.07) is 9.73. The van der Waals surface area contributed by atoms with Gasteiger partial charge in [-0.2, -0.15) is 4.98 Å². The molecule has 1 N–H and O–H groups in total. The molecular formula is C24H27ClN4O4. The summed E-state index contributed by atoms with van der Waals surface area (Å²) < 4.78 is 10.3. The van der Waals surface area contributed by atoms with Crippen molar-refractivity contribution in [1.82, 2.24) is 20.0 Å². The number of nitrogens with zero attached hydrogens (tertiary/aromatic N) is 4. The van der Waals surface area contributed by atoms with Crippen molar-refractivity contribution in [2.24, 2.45) is 5.92 Å². The molecule has 1 aliphatic heterocycles. The Hall–Kier alpha value is -2.97. The molecule has 0 saturated carbocycles. The van der Waals surface area contributed by atoms with E-state index in [9.17, 15) is 4.79 Å². The van der Waals surface area contributed by atoms with Crippen molar-refractivity contribution < 1.29 is 19.2 Å². The standard InChI is InChI=1S/C24H27ClN4O4/c1-4-21-19(8-7-17(26-21)11-29-12-18(13-29)32-24(30)31)22-27-23(33-28-22)16-6-5-15(9-14(2)3)20(25)10-16/h5-8,10,14,18H,4,9,11-13H2,1-3H3,(H,30,31). The lowest BCUT2D eigenvalue weighted by molar-refractivity contribution is -0.0367. The third-order valence-corrected chi connectivity index (χ3v) is 5.89. The number of carbonyl (C=O) groups is 1. The van der Waals surface area contributed by atoms with Crippen molar-refractivity contribution >= 4 is 17.8 Å². The molecule has 8 nitrogen and oxygen atoms in total. The Balaban J connectivity index is 1.47. The Morgan fingerprint density at radius 3 is 2.73 bits per heavy atom. The Labute approximate surface area is 197 Å². The van der Waals surface area contributed by atoms with Crippen molar-refractivity contribution in [2.45, 2.75) is 46.3 Å². The summed E-state index contributed by atoms with van der Waals surface area (Å²) >= 11 is 6.46. The normalized spacial score (nSPS) is 14.5. The van der Waals surface area contributed by atoms with Crippen molar-refractivity contribution in [3.8, 4) is 22.8 Å². The second kappa shape index (κ2) is 9.89. The summed E-state index contributed by atoms with van der Waals surface area (Å²) in [6.07, 6.45) is 0.131. The van der Waals surface area contributed by atoms with Crippen LogP contribution in [0.4, 0.5) is 4.79 Å². The fourth-order valence-electron chi connectivity index (χ4n) is 3.94. The van der Waals surface area contributed by atoms with Gasteiger partial charge in [0.25, 0.3) is 5.89 Å². The lowest BCUT2D eigenvalue weighted by atomic mass is 10.0. The van der Waals surface area contributed by atoms with Crippen LogP contribution in [-0.2, 0) is 24.1 Å². The quantitative estimate of drug-likeness (QED) is 0.454. The first kappa shape index (κ1) is 23.2. The number of ether oxygens (including phenoxy) is 1. The molecule has 1 saturated heterocycles. The topological polar surface area (TPSA) is 102 Å². The van der Waals surface area contributed by atoms with E-state index in [-0.39, 0.29) is 6.10 Å². The van der Waals surface area contributed by atoms with E-state index in [1.54, 1.807) is 0 Å². The Morgan fingerprint density at radius 1 is 1.27 bits per heavy atom. The second-order valence-corrected chi connectivity index (χ2v) is 9.08. The van der Waals surface area contributed by atoms with E-state index in [4.69, 9.17) is 31.0 Å². The van der Waals surface area contributed by atoms with Crippen LogP contribution < -0.4 is 0 Å². The van der Waals surface area contributed by atoms with E-state index < -0.39 is 6.16 Å². The molecule has 3 heterocycles. The Morgan fingerprint density at radius 2 is 2.06 bits per heavy atom. The number of likely N-dealkylation sites (tertiary alicyclic amines) is 1. The summed E-state index contributed by atoms with van der Waals surface area (Å²) in [5, 5.41) is 13.6. The molecule has 1 aliphatic rings. The van der Waals surface area contributed by atoms with Crippen LogP contribution in [0.1, 0.15) is 37.7 Å². The van der Waals surface area contributed by atoms with E-state index in [2.05, 4.69) is 28.9 Å². The van der Waals surface area contributed by atoms with E-state index in [0.29, 0.717) is 48.7 Å². The molecule has 3 aromatic rings. The zero-order chi connectivity index (χ0) is 23.5. The van der Waals surface area contributed by atoms with Gasteiger partial charge in [0.2, 0.25) is 5.82 Å². The first-order valence-corrected chi connectivity index (χ1v) is 11.4. The zero-order valence-electron chi connectivity index (χ0n) is 18.9. The number of hydrogen-bond acceptors (Lipinski definition) is 7. The molecule has 0 atom stereocenters. The van der Waals surface area contributed by atoms with Crippen molar-refractivity contribution in [3.05, 3.63) is 52.3 Å². The molecule has 1 aromatic carbocycles. The second-order valence-electron chi connectivity index (χ2n) is 8.68. The van der Waals surface area contributed by atoms with Crippen LogP contribution in [-0.4, -0.2) is 50.5 Å². The molecular weight excluding hydrogens is 444 g/mol. The largest absolute Gasteiger partial charge is 0.506 e. The third kappa shape index (κ3) is 5.51. The lowest BCUT2D eigenvalue weighted by Crippen LogP contribution is -2.52. The van der Waals surface area contributed by atoms with Gasteiger partial charge in [-0.3, -0.25) is 9.88 Å². The van der Waals surface area contributed by atoms with E-state index in [1.165, 1.54) is 0 Å². The number of aromatic nitrogens is 3. The zero-order valence-corrected chi connectivity index (χ0v) is 19.7. The maximum Gasteiger partial charge on any atom is 0.506 e. The van der Waals surface area contributed by atoms with Crippen LogP contribution in [0, 0.1) is 5.92 Å². The predicted molar refractivity (Wildman–Crippen MR) is 124 cm³/mol. The van der Waals surface area contributed by atoms with Gasteiger partial charge in [-0.1, -0.05) is 43.6 Å². The van der Waals surface area contributed by atoms with Crippen molar-refractivity contribution in [1.29, 1.82) is 0 Å². The van der Waals surface area contributed by atoms with Crippen molar-refractivity contribution in [3.63, 3.8) is 0 Å². The van der Waals surface area contributed by atoms with E-state index in [0.717, 1.165) is 34.5 Å². The molecule has 0 aliphatic carbocycles. The minimum Gasteiger partial charge on any atom is -0.450 e. The number of carboxylic acid groups (broad SMARTS) is 1. The molecule has 4 rings (SSSR count). The third-order valence-electron chi connectivity index (χ3n) is 5.54. The highest BCUT2D eigenvalue weighted by atomic mass is 35.5. The maximum absolute atomic E-state index is 10.6. The predicted octanol–water partition coefficient (Wildman–Crippen LogP) is 5.09. The van der Waals surface area contributed by atoms with Gasteiger partial charge in [-0.15, -0.1) is 0 Å². The van der Waals surface area contributed by atoms with Gasteiger partial charge in [-0.25, -0.2) is 4.79 Å². The molecule has 0 amide bonds. The average molecular weight is 471 g/mol. The molecule has 2 aromatic heterocycles. The smallest absolute Gasteiger partial charge is 0.450 e. The minimum absolute atomic E-state index is 0.266. The van der Waals surface area contributed by atoms with Crippen LogP contribution in [0.15, 0.2) is 34.9 Å². The Bertz CT molecular complexity index is 1140. The summed E-state index contributed by atoms with van der Waals surface area (Å²) in [4.78, 5) is 22.1. The van der Waals surface area contributed by atoms with Crippen molar-refractivity contribution in [2.75, 3.05) is 13.1 Å². The number of benzene rings is 1. The van der Waals surface area contributed by atoms with Gasteiger partial charge in [0.05, 0.1) is 11.4 Å². The first-order valence-electron chi connectivity index (χ1n) is 11.1. The fraction of sp³-hybridized carbons (Fsp3) is 0.417. The number of aryl methyl sites for hydroxylation is 1. The summed E-state index contributed by atoms with van der Waals surface area (Å²) in [7, 11) is 0. The average Bonchev–Trinajstić information content (AvgIpc) is 3.23. The summed E-state index contributed by atoms with van der Waals surface area (Å²) in [5.41, 5.74) is 4.50.